The van der Waals surface area contributed by atoms with E-state index in [4.69, 9.17) is 15.1 Å². The van der Waals surface area contributed by atoms with E-state index in [1.807, 2.05) is 24.4 Å². The lowest BCUT2D eigenvalue weighted by Crippen LogP contribution is -2.44. The Morgan fingerprint density at radius 3 is 2.95 bits per heavy atom. The van der Waals surface area contributed by atoms with E-state index in [2.05, 4.69) is 62.0 Å². The highest BCUT2D eigenvalue weighted by Gasteiger charge is 2.32. The molecule has 6 rings (SSSR count). The van der Waals surface area contributed by atoms with Crippen LogP contribution in [0.1, 0.15) is 44.9 Å². The first kappa shape index (κ1) is 26.0. The maximum atomic E-state index is 8.79. The van der Waals surface area contributed by atoms with E-state index in [9.17, 15) is 0 Å². The Kier molecular flexibility index (Phi) is 7.93. The molecule has 1 aliphatic carbocycles. The molecule has 0 saturated carbocycles. The standard InChI is InChI=1S/C31H41N7O/c1-2-23-6-3-7-24(20-23)28-9-5-14-38(28)29(32)11-12-30-33-21-27(34-30)26-8-4-10-31(35-26)37-15-13-25(22-37)36-16-18-39-19-17-36/h3-4,6-8,10-12,21,24-25,28,32H,2,5,9,13-20,22H2,1H3,(H,33,34)/b12-11-,32-29?. The molecule has 2 aromatic rings. The number of imidazole rings is 1. The summed E-state index contributed by atoms with van der Waals surface area (Å²) in [5, 5.41) is 8.79. The minimum atomic E-state index is 0.404. The SMILES string of the molecule is CCC1=CC=CC(C2CCCN2C(=N)/C=C\c2ncc(-c3cccc(N4CCC(N5CCOCC5)C4)n3)[nH]2)C1. The molecule has 8 heteroatoms. The van der Waals surface area contributed by atoms with Crippen LogP contribution < -0.4 is 4.90 Å². The highest BCUT2D eigenvalue weighted by Crippen LogP contribution is 2.32. The largest absolute Gasteiger partial charge is 0.379 e. The molecule has 3 atom stereocenters. The highest BCUT2D eigenvalue weighted by molar-refractivity contribution is 5.94. The van der Waals surface area contributed by atoms with Gasteiger partial charge in [-0.25, -0.2) is 9.97 Å². The van der Waals surface area contributed by atoms with Crippen LogP contribution in [0.3, 0.4) is 0 Å². The predicted octanol–water partition coefficient (Wildman–Crippen LogP) is 4.75. The van der Waals surface area contributed by atoms with E-state index in [1.54, 1.807) is 0 Å². The van der Waals surface area contributed by atoms with Crippen molar-refractivity contribution in [3.8, 4) is 11.4 Å². The molecule has 3 saturated heterocycles. The molecule has 3 fully saturated rings. The summed E-state index contributed by atoms with van der Waals surface area (Å²) in [5.41, 5.74) is 3.31. The fraction of sp³-hybridized carbons (Fsp3) is 0.516. The summed E-state index contributed by atoms with van der Waals surface area (Å²) in [6.07, 6.45) is 18.2. The molecule has 39 heavy (non-hydrogen) atoms. The van der Waals surface area contributed by atoms with Gasteiger partial charge in [0.15, 0.2) is 0 Å². The van der Waals surface area contributed by atoms with Crippen LogP contribution in [0.5, 0.6) is 0 Å². The summed E-state index contributed by atoms with van der Waals surface area (Å²) in [4.78, 5) is 20.2. The van der Waals surface area contributed by atoms with E-state index in [1.165, 1.54) is 12.0 Å². The van der Waals surface area contributed by atoms with E-state index in [0.29, 0.717) is 23.8 Å². The molecule has 0 radical (unpaired) electrons. The molecule has 3 unspecified atom stereocenters. The van der Waals surface area contributed by atoms with Gasteiger partial charge >= 0.3 is 0 Å². The Balaban J connectivity index is 1.08. The van der Waals surface area contributed by atoms with Gasteiger partial charge in [-0.1, -0.05) is 36.8 Å². The van der Waals surface area contributed by atoms with Crippen LogP contribution in [0, 0.1) is 11.3 Å². The number of H-pyrrole nitrogens is 1. The quantitative estimate of drug-likeness (QED) is 0.399. The first-order chi connectivity index (χ1) is 19.2. The van der Waals surface area contributed by atoms with Crippen molar-refractivity contribution in [1.82, 2.24) is 24.8 Å². The first-order valence-electron chi connectivity index (χ1n) is 14.7. The molecule has 0 amide bonds. The molecule has 0 aromatic carbocycles. The second-order valence-corrected chi connectivity index (χ2v) is 11.2. The number of pyridine rings is 1. The number of aromatic nitrogens is 3. The fourth-order valence-electron chi connectivity index (χ4n) is 6.58. The average Bonchev–Trinajstić information content (AvgIpc) is 3.78. The Hall–Kier alpha value is -3.23. The van der Waals surface area contributed by atoms with E-state index in [-0.39, 0.29) is 0 Å². The number of nitrogens with zero attached hydrogens (tertiary/aromatic N) is 5. The van der Waals surface area contributed by atoms with Crippen molar-refractivity contribution in [3.63, 3.8) is 0 Å². The van der Waals surface area contributed by atoms with Gasteiger partial charge in [-0.15, -0.1) is 0 Å². The van der Waals surface area contributed by atoms with Crippen molar-refractivity contribution in [2.24, 2.45) is 5.92 Å². The molecule has 8 nitrogen and oxygen atoms in total. The van der Waals surface area contributed by atoms with Crippen molar-refractivity contribution in [3.05, 3.63) is 60.1 Å². The van der Waals surface area contributed by atoms with Crippen LogP contribution in [0.4, 0.5) is 5.82 Å². The lowest BCUT2D eigenvalue weighted by atomic mass is 9.86. The summed E-state index contributed by atoms with van der Waals surface area (Å²) in [6.45, 7) is 8.97. The number of hydrogen-bond donors (Lipinski definition) is 2. The number of amidine groups is 1. The Morgan fingerprint density at radius 1 is 1.18 bits per heavy atom. The van der Waals surface area contributed by atoms with Crippen LogP contribution in [-0.4, -0.2) is 88.6 Å². The molecule has 0 spiro atoms. The van der Waals surface area contributed by atoms with Crippen LogP contribution in [-0.2, 0) is 4.74 Å². The van der Waals surface area contributed by atoms with Crippen LogP contribution in [0.15, 0.2) is 54.3 Å². The van der Waals surface area contributed by atoms with Gasteiger partial charge in [0.1, 0.15) is 17.5 Å². The number of likely N-dealkylation sites (tertiary alicyclic amines) is 1. The highest BCUT2D eigenvalue weighted by atomic mass is 16.5. The first-order valence-corrected chi connectivity index (χ1v) is 14.7. The zero-order valence-corrected chi connectivity index (χ0v) is 23.1. The summed E-state index contributed by atoms with van der Waals surface area (Å²) >= 11 is 0. The van der Waals surface area contributed by atoms with Gasteiger partial charge in [-0.05, 0) is 56.4 Å². The number of rotatable bonds is 7. The normalized spacial score (nSPS) is 26.1. The monoisotopic (exact) mass is 527 g/mol. The maximum absolute atomic E-state index is 8.79. The second kappa shape index (κ2) is 11.9. The Morgan fingerprint density at radius 2 is 2.08 bits per heavy atom. The summed E-state index contributed by atoms with van der Waals surface area (Å²) in [6, 6.07) is 7.21. The zero-order valence-electron chi connectivity index (χ0n) is 23.1. The number of aromatic amines is 1. The molecule has 206 valence electrons. The summed E-state index contributed by atoms with van der Waals surface area (Å²) in [5.74, 6) is 2.84. The average molecular weight is 528 g/mol. The molecular weight excluding hydrogens is 486 g/mol. The molecular formula is C31H41N7O. The van der Waals surface area contributed by atoms with Gasteiger partial charge in [-0.2, -0.15) is 0 Å². The molecule has 0 bridgehead atoms. The van der Waals surface area contributed by atoms with Crippen LogP contribution in [0.2, 0.25) is 0 Å². The van der Waals surface area contributed by atoms with Gasteiger partial charge in [0.25, 0.3) is 0 Å². The third kappa shape index (κ3) is 5.87. The number of allylic oxidation sites excluding steroid dienone is 3. The van der Waals surface area contributed by atoms with E-state index < -0.39 is 0 Å². The van der Waals surface area contributed by atoms with Crippen molar-refractivity contribution in [1.29, 1.82) is 5.41 Å². The molecule has 5 heterocycles. The Labute approximate surface area is 232 Å². The number of anilines is 1. The number of morpholine rings is 1. The second-order valence-electron chi connectivity index (χ2n) is 11.2. The van der Waals surface area contributed by atoms with Gasteiger partial charge in [0.05, 0.1) is 30.8 Å². The summed E-state index contributed by atoms with van der Waals surface area (Å²) < 4.78 is 5.53. The van der Waals surface area contributed by atoms with Crippen molar-refractivity contribution < 1.29 is 4.74 Å². The zero-order chi connectivity index (χ0) is 26.6. The van der Waals surface area contributed by atoms with Gasteiger partial charge < -0.3 is 19.5 Å². The number of nitrogens with one attached hydrogen (secondary N) is 2. The smallest absolute Gasteiger partial charge is 0.130 e. The van der Waals surface area contributed by atoms with Crippen molar-refractivity contribution >= 4 is 17.7 Å². The predicted molar refractivity (Wildman–Crippen MR) is 157 cm³/mol. The fourth-order valence-corrected chi connectivity index (χ4v) is 6.58. The molecule has 2 aromatic heterocycles. The molecule has 2 N–H and O–H groups in total. The number of ether oxygens (including phenoxy) is 1. The lowest BCUT2D eigenvalue weighted by Gasteiger charge is -2.32. The minimum Gasteiger partial charge on any atom is -0.379 e. The number of hydrogen-bond acceptors (Lipinski definition) is 6. The minimum absolute atomic E-state index is 0.404. The van der Waals surface area contributed by atoms with Gasteiger partial charge in [0.2, 0.25) is 0 Å². The van der Waals surface area contributed by atoms with E-state index >= 15 is 0 Å². The van der Waals surface area contributed by atoms with Crippen molar-refractivity contribution in [2.45, 2.75) is 51.1 Å². The maximum Gasteiger partial charge on any atom is 0.130 e. The Bertz CT molecular complexity index is 1240. The lowest BCUT2D eigenvalue weighted by molar-refractivity contribution is 0.0209. The van der Waals surface area contributed by atoms with Gasteiger partial charge in [0, 0.05) is 50.7 Å². The van der Waals surface area contributed by atoms with Crippen LogP contribution in [0.25, 0.3) is 17.5 Å². The topological polar surface area (TPSA) is 84.4 Å². The van der Waals surface area contributed by atoms with E-state index in [0.717, 1.165) is 94.7 Å². The summed E-state index contributed by atoms with van der Waals surface area (Å²) in [7, 11) is 0. The molecule has 4 aliphatic rings. The van der Waals surface area contributed by atoms with Crippen LogP contribution >= 0.6 is 0 Å². The van der Waals surface area contributed by atoms with Gasteiger partial charge in [-0.3, -0.25) is 10.3 Å². The molecule has 3 aliphatic heterocycles. The third-order valence-electron chi connectivity index (χ3n) is 8.80. The van der Waals surface area contributed by atoms with Crippen molar-refractivity contribution in [2.75, 3.05) is 50.8 Å². The third-order valence-corrected chi connectivity index (χ3v) is 8.80.